The second kappa shape index (κ2) is 17.2. The van der Waals surface area contributed by atoms with E-state index in [2.05, 4.69) is 19.1 Å². The molecule has 3 nitrogen and oxygen atoms in total. The standard InChI is InChI=1S/C18H34NO2/c1-2-3-4-5-6-7-8-9-10-11-12-13-14-15-16-17-18(20)19-21/h9-10H,2-8,11-17H2,1H3,(H-,19,20,21)/q-1/b10-9-. The Labute approximate surface area is 131 Å². The van der Waals surface area contributed by atoms with Gasteiger partial charge in [-0.2, -0.15) is 0 Å². The van der Waals surface area contributed by atoms with Crippen molar-refractivity contribution < 1.29 is 4.79 Å². The summed E-state index contributed by atoms with van der Waals surface area (Å²) in [6, 6.07) is 0. The molecule has 0 radical (unpaired) electrons. The van der Waals surface area contributed by atoms with Gasteiger partial charge in [-0.3, -0.25) is 4.79 Å². The zero-order valence-electron chi connectivity index (χ0n) is 13.9. The molecule has 0 saturated heterocycles. The number of allylic oxidation sites excluding steroid dienone is 2. The van der Waals surface area contributed by atoms with Crippen molar-refractivity contribution >= 4 is 5.91 Å². The predicted octanol–water partition coefficient (Wildman–Crippen LogP) is 5.64. The molecule has 0 bridgehead atoms. The third kappa shape index (κ3) is 17.1. The lowest BCUT2D eigenvalue weighted by Gasteiger charge is -2.06. The van der Waals surface area contributed by atoms with E-state index >= 15 is 0 Å². The van der Waals surface area contributed by atoms with Crippen LogP contribution in [0.2, 0.25) is 0 Å². The fourth-order valence-corrected chi connectivity index (χ4v) is 2.41. The highest BCUT2D eigenvalue weighted by atomic mass is 16.5. The molecule has 0 aliphatic rings. The Morgan fingerprint density at radius 2 is 1.29 bits per heavy atom. The lowest BCUT2D eigenvalue weighted by atomic mass is 10.1. The Bertz CT molecular complexity index is 252. The summed E-state index contributed by atoms with van der Waals surface area (Å²) in [7, 11) is 0. The summed E-state index contributed by atoms with van der Waals surface area (Å²) in [4.78, 5) is 10.7. The molecule has 0 spiro atoms. The molecule has 0 fully saturated rings. The molecule has 21 heavy (non-hydrogen) atoms. The van der Waals surface area contributed by atoms with E-state index in [0.717, 1.165) is 19.3 Å². The van der Waals surface area contributed by atoms with Gasteiger partial charge in [0.05, 0.1) is 0 Å². The average Bonchev–Trinajstić information content (AvgIpc) is 2.50. The van der Waals surface area contributed by atoms with Gasteiger partial charge < -0.3 is 10.7 Å². The highest BCUT2D eigenvalue weighted by Crippen LogP contribution is 2.09. The number of amides is 1. The molecular weight excluding hydrogens is 262 g/mol. The van der Waals surface area contributed by atoms with Gasteiger partial charge in [-0.1, -0.05) is 70.4 Å². The Balaban J connectivity index is 3.10. The van der Waals surface area contributed by atoms with Crippen LogP contribution in [-0.4, -0.2) is 5.91 Å². The fourth-order valence-electron chi connectivity index (χ4n) is 2.41. The van der Waals surface area contributed by atoms with Gasteiger partial charge in [0.25, 0.3) is 0 Å². The molecule has 0 aromatic carbocycles. The first-order chi connectivity index (χ1) is 10.3. The van der Waals surface area contributed by atoms with Gasteiger partial charge in [0.1, 0.15) is 0 Å². The Morgan fingerprint density at radius 3 is 1.81 bits per heavy atom. The number of rotatable bonds is 15. The van der Waals surface area contributed by atoms with Gasteiger partial charge in [0, 0.05) is 6.42 Å². The SMILES string of the molecule is CCCCCCCC/C=C\CCCCCCCC(=O)N[O-]. The summed E-state index contributed by atoms with van der Waals surface area (Å²) < 4.78 is 0. The molecule has 0 atom stereocenters. The topological polar surface area (TPSA) is 52.2 Å². The maximum Gasteiger partial charge on any atom is 0.209 e. The van der Waals surface area contributed by atoms with Gasteiger partial charge in [-0.05, 0) is 32.1 Å². The summed E-state index contributed by atoms with van der Waals surface area (Å²) >= 11 is 0. The fraction of sp³-hybridized carbons (Fsp3) is 0.833. The lowest BCUT2D eigenvalue weighted by molar-refractivity contribution is -0.120. The molecule has 0 rings (SSSR count). The van der Waals surface area contributed by atoms with Crippen molar-refractivity contribution in [3.05, 3.63) is 17.4 Å². The molecule has 0 saturated carbocycles. The third-order valence-electron chi connectivity index (χ3n) is 3.78. The van der Waals surface area contributed by atoms with Gasteiger partial charge in [0.2, 0.25) is 5.91 Å². The van der Waals surface area contributed by atoms with Gasteiger partial charge in [0.15, 0.2) is 0 Å². The Kier molecular flexibility index (Phi) is 16.5. The van der Waals surface area contributed by atoms with Crippen LogP contribution in [0, 0.1) is 5.21 Å². The first kappa shape index (κ1) is 20.2. The van der Waals surface area contributed by atoms with Crippen molar-refractivity contribution in [2.24, 2.45) is 0 Å². The summed E-state index contributed by atoms with van der Waals surface area (Å²) in [6.45, 7) is 2.26. The van der Waals surface area contributed by atoms with E-state index in [-0.39, 0.29) is 5.91 Å². The zero-order valence-corrected chi connectivity index (χ0v) is 13.9. The van der Waals surface area contributed by atoms with Gasteiger partial charge in [-0.25, -0.2) is 0 Å². The predicted molar refractivity (Wildman–Crippen MR) is 91.0 cm³/mol. The summed E-state index contributed by atoms with van der Waals surface area (Å²) in [5.74, 6) is -0.382. The summed E-state index contributed by atoms with van der Waals surface area (Å²) in [6.07, 6.45) is 21.2. The first-order valence-corrected chi connectivity index (χ1v) is 8.87. The molecule has 124 valence electrons. The maximum absolute atomic E-state index is 10.7. The van der Waals surface area contributed by atoms with E-state index in [0.29, 0.717) is 6.42 Å². The third-order valence-corrected chi connectivity index (χ3v) is 3.78. The second-order valence-electron chi connectivity index (χ2n) is 5.86. The minimum Gasteiger partial charge on any atom is -0.759 e. The monoisotopic (exact) mass is 296 g/mol. The van der Waals surface area contributed by atoms with Crippen LogP contribution in [0.1, 0.15) is 96.8 Å². The lowest BCUT2D eigenvalue weighted by Crippen LogP contribution is -2.14. The molecule has 0 unspecified atom stereocenters. The largest absolute Gasteiger partial charge is 0.759 e. The molecule has 0 heterocycles. The number of hydrogen-bond donors (Lipinski definition) is 1. The first-order valence-electron chi connectivity index (χ1n) is 8.87. The molecular formula is C18H34NO2-. The number of hydroxylamine groups is 1. The smallest absolute Gasteiger partial charge is 0.209 e. The normalized spacial score (nSPS) is 11.1. The average molecular weight is 296 g/mol. The number of nitrogens with one attached hydrogen (secondary N) is 1. The summed E-state index contributed by atoms with van der Waals surface area (Å²) in [5, 5.41) is 10.0. The van der Waals surface area contributed by atoms with Crippen LogP contribution < -0.4 is 5.48 Å². The van der Waals surface area contributed by atoms with Crippen molar-refractivity contribution in [3.8, 4) is 0 Å². The van der Waals surface area contributed by atoms with E-state index < -0.39 is 0 Å². The van der Waals surface area contributed by atoms with E-state index in [1.165, 1.54) is 69.7 Å². The molecule has 0 aromatic rings. The quantitative estimate of drug-likeness (QED) is 0.241. The number of carbonyl (C=O) groups excluding carboxylic acids is 1. The highest BCUT2D eigenvalue weighted by Gasteiger charge is 1.95. The maximum atomic E-state index is 10.7. The van der Waals surface area contributed by atoms with Gasteiger partial charge >= 0.3 is 0 Å². The van der Waals surface area contributed by atoms with E-state index in [4.69, 9.17) is 0 Å². The van der Waals surface area contributed by atoms with E-state index in [1.807, 2.05) is 0 Å². The molecule has 0 aliphatic heterocycles. The zero-order chi connectivity index (χ0) is 15.6. The van der Waals surface area contributed by atoms with E-state index in [1.54, 1.807) is 0 Å². The minimum absolute atomic E-state index is 0.377. The van der Waals surface area contributed by atoms with Crippen LogP contribution >= 0.6 is 0 Å². The molecule has 1 amide bonds. The van der Waals surface area contributed by atoms with Crippen LogP contribution in [-0.2, 0) is 4.79 Å². The minimum atomic E-state index is -0.382. The van der Waals surface area contributed by atoms with Crippen molar-refractivity contribution in [3.63, 3.8) is 0 Å². The second-order valence-corrected chi connectivity index (χ2v) is 5.86. The molecule has 0 aromatic heterocycles. The molecule has 1 N–H and O–H groups in total. The Hall–Kier alpha value is -0.830. The molecule has 0 aliphatic carbocycles. The van der Waals surface area contributed by atoms with Crippen LogP contribution in [0.5, 0.6) is 0 Å². The van der Waals surface area contributed by atoms with Crippen LogP contribution in [0.25, 0.3) is 0 Å². The highest BCUT2D eigenvalue weighted by molar-refractivity contribution is 5.76. The Morgan fingerprint density at radius 1 is 0.810 bits per heavy atom. The van der Waals surface area contributed by atoms with Crippen molar-refractivity contribution in [1.29, 1.82) is 0 Å². The van der Waals surface area contributed by atoms with Crippen LogP contribution in [0.15, 0.2) is 12.2 Å². The van der Waals surface area contributed by atoms with Crippen LogP contribution in [0.3, 0.4) is 0 Å². The van der Waals surface area contributed by atoms with Crippen molar-refractivity contribution in [2.75, 3.05) is 0 Å². The summed E-state index contributed by atoms with van der Waals surface area (Å²) in [5.41, 5.74) is 1.42. The van der Waals surface area contributed by atoms with E-state index in [9.17, 15) is 10.0 Å². The number of carbonyl (C=O) groups is 1. The number of unbranched alkanes of at least 4 members (excludes halogenated alkanes) is 11. The van der Waals surface area contributed by atoms with Crippen molar-refractivity contribution in [1.82, 2.24) is 5.48 Å². The molecule has 3 heteroatoms. The number of hydrogen-bond acceptors (Lipinski definition) is 2. The van der Waals surface area contributed by atoms with Crippen molar-refractivity contribution in [2.45, 2.75) is 96.8 Å². The van der Waals surface area contributed by atoms with Crippen LogP contribution in [0.4, 0.5) is 0 Å². The van der Waals surface area contributed by atoms with Gasteiger partial charge in [-0.15, -0.1) is 0 Å².